The Balaban J connectivity index is 1.24. The van der Waals surface area contributed by atoms with E-state index in [1.807, 2.05) is 36.9 Å². The van der Waals surface area contributed by atoms with Gasteiger partial charge in [0.25, 0.3) is 0 Å². The standard InChI is InChI=1S/C22H26N8O2/c1-14-4-5-17(10-15(14)2)30-12-16(11-18(30)31)22(32)29-8-6-28(7-9-29)21-19-20(23-13-24-21)27(3)26-25-19/h4-5,10,13,16H,6-9,11-12H2,1-3H3/t16-/m1/s1. The summed E-state index contributed by atoms with van der Waals surface area (Å²) in [4.78, 5) is 40.2. The molecule has 0 aliphatic carbocycles. The number of hydrogen-bond acceptors (Lipinski definition) is 7. The van der Waals surface area contributed by atoms with Crippen LogP contribution in [0.25, 0.3) is 11.2 Å². The molecular weight excluding hydrogens is 408 g/mol. The van der Waals surface area contributed by atoms with Crippen molar-refractivity contribution < 1.29 is 9.59 Å². The minimum atomic E-state index is -0.304. The summed E-state index contributed by atoms with van der Waals surface area (Å²) in [5, 5.41) is 8.22. The van der Waals surface area contributed by atoms with Gasteiger partial charge in [0.2, 0.25) is 11.8 Å². The van der Waals surface area contributed by atoms with Gasteiger partial charge < -0.3 is 14.7 Å². The molecule has 2 aromatic heterocycles. The van der Waals surface area contributed by atoms with E-state index in [-0.39, 0.29) is 24.2 Å². The van der Waals surface area contributed by atoms with Gasteiger partial charge in [0.05, 0.1) is 5.92 Å². The van der Waals surface area contributed by atoms with Crippen LogP contribution in [0.1, 0.15) is 17.5 Å². The third-order valence-corrected chi connectivity index (χ3v) is 6.54. The fraction of sp³-hybridized carbons (Fsp3) is 0.455. The molecule has 2 aliphatic rings. The van der Waals surface area contributed by atoms with Crippen LogP contribution in [-0.4, -0.2) is 74.4 Å². The molecule has 166 valence electrons. The first kappa shape index (κ1) is 20.3. The van der Waals surface area contributed by atoms with Gasteiger partial charge in [-0.25, -0.2) is 14.6 Å². The van der Waals surface area contributed by atoms with Crippen molar-refractivity contribution in [2.45, 2.75) is 20.3 Å². The molecule has 2 saturated heterocycles. The summed E-state index contributed by atoms with van der Waals surface area (Å²) in [5.74, 6) is 0.501. The van der Waals surface area contributed by atoms with Gasteiger partial charge >= 0.3 is 0 Å². The molecule has 2 fully saturated rings. The van der Waals surface area contributed by atoms with Crippen LogP contribution < -0.4 is 9.80 Å². The Bertz CT molecular complexity index is 1200. The van der Waals surface area contributed by atoms with Crippen molar-refractivity contribution in [2.24, 2.45) is 13.0 Å². The third kappa shape index (κ3) is 3.45. The van der Waals surface area contributed by atoms with E-state index in [2.05, 4.69) is 25.2 Å². The van der Waals surface area contributed by atoms with Crippen molar-refractivity contribution in [3.05, 3.63) is 35.7 Å². The second kappa shape index (κ2) is 7.85. The Morgan fingerprint density at radius 3 is 2.59 bits per heavy atom. The zero-order valence-corrected chi connectivity index (χ0v) is 18.5. The maximum Gasteiger partial charge on any atom is 0.228 e. The number of aromatic nitrogens is 5. The quantitative estimate of drug-likeness (QED) is 0.608. The summed E-state index contributed by atoms with van der Waals surface area (Å²) in [6.45, 7) is 6.98. The molecule has 0 spiro atoms. The molecule has 1 atom stereocenters. The lowest BCUT2D eigenvalue weighted by Gasteiger charge is -2.36. The normalized spacial score (nSPS) is 19.3. The molecule has 2 aliphatic heterocycles. The zero-order valence-electron chi connectivity index (χ0n) is 18.5. The molecule has 3 aromatic rings. The molecule has 4 heterocycles. The van der Waals surface area contributed by atoms with Crippen LogP contribution in [0.5, 0.6) is 0 Å². The third-order valence-electron chi connectivity index (χ3n) is 6.54. The number of fused-ring (bicyclic) bond motifs is 1. The molecule has 5 rings (SSSR count). The van der Waals surface area contributed by atoms with E-state index in [1.54, 1.807) is 16.6 Å². The SMILES string of the molecule is Cc1ccc(N2C[C@H](C(=O)N3CCN(c4ncnc5c4nnn5C)CC3)CC2=O)cc1C. The molecule has 0 bridgehead atoms. The van der Waals surface area contributed by atoms with Gasteiger partial charge in [-0.3, -0.25) is 9.59 Å². The fourth-order valence-corrected chi connectivity index (χ4v) is 4.49. The Kier molecular flexibility index (Phi) is 4.99. The first-order chi connectivity index (χ1) is 15.4. The highest BCUT2D eigenvalue weighted by Crippen LogP contribution is 2.28. The predicted octanol–water partition coefficient (Wildman–Crippen LogP) is 1.08. The van der Waals surface area contributed by atoms with Crippen LogP contribution in [-0.2, 0) is 16.6 Å². The lowest BCUT2D eigenvalue weighted by molar-refractivity contribution is -0.136. The number of aryl methyl sites for hydroxylation is 3. The van der Waals surface area contributed by atoms with Crippen LogP contribution in [0.3, 0.4) is 0 Å². The second-order valence-electron chi connectivity index (χ2n) is 8.57. The molecule has 0 radical (unpaired) electrons. The van der Waals surface area contributed by atoms with E-state index in [0.717, 1.165) is 17.1 Å². The van der Waals surface area contributed by atoms with E-state index in [1.165, 1.54) is 11.9 Å². The van der Waals surface area contributed by atoms with Gasteiger partial charge in [0, 0.05) is 51.9 Å². The van der Waals surface area contributed by atoms with Crippen molar-refractivity contribution in [3.8, 4) is 0 Å². The number of anilines is 2. The molecule has 10 nitrogen and oxygen atoms in total. The minimum absolute atomic E-state index is 0.0104. The topological polar surface area (TPSA) is 100 Å². The lowest BCUT2D eigenvalue weighted by atomic mass is 10.1. The van der Waals surface area contributed by atoms with Crippen molar-refractivity contribution in [1.29, 1.82) is 0 Å². The van der Waals surface area contributed by atoms with E-state index < -0.39 is 0 Å². The average Bonchev–Trinajstić information content (AvgIpc) is 3.38. The predicted molar refractivity (Wildman–Crippen MR) is 119 cm³/mol. The monoisotopic (exact) mass is 434 g/mol. The van der Waals surface area contributed by atoms with Crippen molar-refractivity contribution in [2.75, 3.05) is 42.5 Å². The molecule has 0 N–H and O–H groups in total. The highest BCUT2D eigenvalue weighted by molar-refractivity contribution is 6.00. The lowest BCUT2D eigenvalue weighted by Crippen LogP contribution is -2.51. The van der Waals surface area contributed by atoms with Gasteiger partial charge in [0.1, 0.15) is 6.33 Å². The molecule has 32 heavy (non-hydrogen) atoms. The number of benzene rings is 1. The summed E-state index contributed by atoms with van der Waals surface area (Å²) >= 11 is 0. The van der Waals surface area contributed by atoms with Crippen LogP contribution in [0.2, 0.25) is 0 Å². The molecule has 2 amide bonds. The molecule has 0 unspecified atom stereocenters. The van der Waals surface area contributed by atoms with E-state index in [9.17, 15) is 9.59 Å². The number of rotatable bonds is 3. The molecule has 10 heteroatoms. The van der Waals surface area contributed by atoms with E-state index in [4.69, 9.17) is 0 Å². The van der Waals surface area contributed by atoms with Crippen LogP contribution in [0.4, 0.5) is 11.5 Å². The summed E-state index contributed by atoms with van der Waals surface area (Å²) < 4.78 is 1.62. The van der Waals surface area contributed by atoms with Crippen molar-refractivity contribution >= 4 is 34.5 Å². The Hall–Kier alpha value is -3.56. The van der Waals surface area contributed by atoms with Gasteiger partial charge in [-0.15, -0.1) is 5.10 Å². The zero-order chi connectivity index (χ0) is 22.4. The van der Waals surface area contributed by atoms with Crippen molar-refractivity contribution in [3.63, 3.8) is 0 Å². The second-order valence-corrected chi connectivity index (χ2v) is 8.57. The number of carbonyl (C=O) groups is 2. The maximum atomic E-state index is 13.2. The van der Waals surface area contributed by atoms with E-state index >= 15 is 0 Å². The molecular formula is C22H26N8O2. The molecule has 1 aromatic carbocycles. The number of amides is 2. The maximum absolute atomic E-state index is 13.2. The smallest absolute Gasteiger partial charge is 0.228 e. The number of nitrogens with zero attached hydrogens (tertiary/aromatic N) is 8. The first-order valence-electron chi connectivity index (χ1n) is 10.8. The summed E-state index contributed by atoms with van der Waals surface area (Å²) in [5.41, 5.74) is 4.55. The van der Waals surface area contributed by atoms with E-state index in [0.29, 0.717) is 43.9 Å². The summed E-state index contributed by atoms with van der Waals surface area (Å²) in [7, 11) is 1.80. The number of piperazine rings is 1. The fourth-order valence-electron chi connectivity index (χ4n) is 4.49. The van der Waals surface area contributed by atoms with Crippen LogP contribution in [0, 0.1) is 19.8 Å². The van der Waals surface area contributed by atoms with Crippen molar-refractivity contribution in [1.82, 2.24) is 29.9 Å². The Morgan fingerprint density at radius 2 is 1.84 bits per heavy atom. The van der Waals surface area contributed by atoms with Gasteiger partial charge in [-0.05, 0) is 37.1 Å². The highest BCUT2D eigenvalue weighted by atomic mass is 16.2. The summed E-state index contributed by atoms with van der Waals surface area (Å²) in [6, 6.07) is 6.00. The largest absolute Gasteiger partial charge is 0.351 e. The Morgan fingerprint density at radius 1 is 1.06 bits per heavy atom. The van der Waals surface area contributed by atoms with Gasteiger partial charge in [-0.2, -0.15) is 0 Å². The molecule has 0 saturated carbocycles. The minimum Gasteiger partial charge on any atom is -0.351 e. The van der Waals surface area contributed by atoms with Crippen LogP contribution in [0.15, 0.2) is 24.5 Å². The average molecular weight is 435 g/mol. The van der Waals surface area contributed by atoms with Gasteiger partial charge in [0.15, 0.2) is 17.0 Å². The highest BCUT2D eigenvalue weighted by Gasteiger charge is 2.38. The summed E-state index contributed by atoms with van der Waals surface area (Å²) in [6.07, 6.45) is 1.78. The number of hydrogen-bond donors (Lipinski definition) is 0. The van der Waals surface area contributed by atoms with Gasteiger partial charge in [-0.1, -0.05) is 11.3 Å². The number of carbonyl (C=O) groups excluding carboxylic acids is 2. The Labute approximate surface area is 185 Å². The first-order valence-corrected chi connectivity index (χ1v) is 10.8. The van der Waals surface area contributed by atoms with Crippen LogP contribution >= 0.6 is 0 Å².